The maximum atomic E-state index is 13.4. The molecule has 1 aromatic heterocycles. The van der Waals surface area contributed by atoms with Gasteiger partial charge < -0.3 is 14.6 Å². The number of aliphatic hydroxyl groups excluding tert-OH is 1. The first kappa shape index (κ1) is 23.8. The molecule has 1 unspecified atom stereocenters. The molecule has 1 aliphatic heterocycles. The fourth-order valence-corrected chi connectivity index (χ4v) is 5.58. The highest BCUT2D eigenvalue weighted by atomic mass is 35.5. The van der Waals surface area contributed by atoms with Gasteiger partial charge in [0.25, 0.3) is 5.78 Å². The fourth-order valence-electron chi connectivity index (χ4n) is 4.31. The van der Waals surface area contributed by atoms with Crippen molar-refractivity contribution in [3.63, 3.8) is 0 Å². The number of carbonyl (C=O) groups is 2. The number of aliphatic hydroxyl groups is 1. The zero-order chi connectivity index (χ0) is 25.6. The monoisotopic (exact) mass is 520 g/mol. The number of ketones is 1. The number of benzene rings is 3. The molecule has 4 aromatic rings. The van der Waals surface area contributed by atoms with Crippen molar-refractivity contribution in [3.05, 3.63) is 87.9 Å². The zero-order valence-corrected chi connectivity index (χ0v) is 21.2. The maximum absolute atomic E-state index is 13.4. The van der Waals surface area contributed by atoms with Crippen molar-refractivity contribution in [3.8, 4) is 11.5 Å². The van der Waals surface area contributed by atoms with E-state index < -0.39 is 17.7 Å². The molecule has 0 bridgehead atoms. The van der Waals surface area contributed by atoms with Crippen LogP contribution in [0.4, 0.5) is 5.13 Å². The lowest BCUT2D eigenvalue weighted by Gasteiger charge is -2.23. The molecule has 1 saturated heterocycles. The number of carbonyl (C=O) groups excluding carboxylic acids is 2. The second kappa shape index (κ2) is 9.29. The summed E-state index contributed by atoms with van der Waals surface area (Å²) in [6, 6.07) is 16.6. The van der Waals surface area contributed by atoms with Gasteiger partial charge in [0.15, 0.2) is 5.13 Å². The summed E-state index contributed by atoms with van der Waals surface area (Å²) in [4.78, 5) is 32.8. The first-order chi connectivity index (χ1) is 17.3. The van der Waals surface area contributed by atoms with Gasteiger partial charge in [0, 0.05) is 11.1 Å². The lowest BCUT2D eigenvalue weighted by molar-refractivity contribution is -0.132. The number of halogens is 1. The summed E-state index contributed by atoms with van der Waals surface area (Å²) in [7, 11) is 2.97. The van der Waals surface area contributed by atoms with E-state index in [1.54, 1.807) is 36.4 Å². The van der Waals surface area contributed by atoms with Crippen molar-refractivity contribution in [1.82, 2.24) is 4.98 Å². The highest BCUT2D eigenvalue weighted by molar-refractivity contribution is 7.22. The molecule has 3 aromatic carbocycles. The Morgan fingerprint density at radius 2 is 1.86 bits per heavy atom. The molecule has 1 fully saturated rings. The van der Waals surface area contributed by atoms with Gasteiger partial charge in [-0.05, 0) is 42.8 Å². The van der Waals surface area contributed by atoms with E-state index in [9.17, 15) is 14.7 Å². The highest BCUT2D eigenvalue weighted by Crippen LogP contribution is 2.45. The predicted octanol–water partition coefficient (Wildman–Crippen LogP) is 5.90. The Balaban J connectivity index is 1.75. The van der Waals surface area contributed by atoms with E-state index in [4.69, 9.17) is 21.1 Å². The molecule has 2 heterocycles. The molecule has 1 amide bonds. The SMILES string of the molecule is COc1ccc(/C(O)=C2\C(=O)C(=O)N(c3nc4ccc(Cl)cc4s3)C2c2cccc(C)c2)c(OC)c1. The van der Waals surface area contributed by atoms with Gasteiger partial charge in [0.05, 0.1) is 41.6 Å². The number of rotatable bonds is 5. The molecule has 182 valence electrons. The van der Waals surface area contributed by atoms with E-state index in [1.807, 2.05) is 31.2 Å². The first-order valence-corrected chi connectivity index (χ1v) is 12.2. The van der Waals surface area contributed by atoms with Crippen LogP contribution in [0.5, 0.6) is 11.5 Å². The lowest BCUT2D eigenvalue weighted by atomic mass is 9.94. The number of hydrogen-bond donors (Lipinski definition) is 1. The van der Waals surface area contributed by atoms with Gasteiger partial charge in [-0.2, -0.15) is 0 Å². The molecule has 1 aliphatic rings. The molecule has 5 rings (SSSR count). The van der Waals surface area contributed by atoms with Crippen molar-refractivity contribution in [2.45, 2.75) is 13.0 Å². The van der Waals surface area contributed by atoms with Crippen LogP contribution in [0.3, 0.4) is 0 Å². The summed E-state index contributed by atoms with van der Waals surface area (Å²) < 4.78 is 11.5. The van der Waals surface area contributed by atoms with Gasteiger partial charge in [-0.25, -0.2) is 4.98 Å². The third-order valence-corrected chi connectivity index (χ3v) is 7.26. The van der Waals surface area contributed by atoms with Crippen LogP contribution < -0.4 is 14.4 Å². The minimum Gasteiger partial charge on any atom is -0.507 e. The second-order valence-corrected chi connectivity index (χ2v) is 9.70. The lowest BCUT2D eigenvalue weighted by Crippen LogP contribution is -2.29. The van der Waals surface area contributed by atoms with Crippen LogP contribution in [-0.2, 0) is 9.59 Å². The topological polar surface area (TPSA) is 89.0 Å². The fraction of sp³-hybridized carbons (Fsp3) is 0.148. The molecule has 7 nitrogen and oxygen atoms in total. The number of nitrogens with zero attached hydrogens (tertiary/aromatic N) is 2. The predicted molar refractivity (Wildman–Crippen MR) is 140 cm³/mol. The van der Waals surface area contributed by atoms with Gasteiger partial charge in [-0.1, -0.05) is 52.8 Å². The Hall–Kier alpha value is -3.88. The number of ether oxygens (including phenoxy) is 2. The van der Waals surface area contributed by atoms with Crippen LogP contribution in [-0.4, -0.2) is 36.0 Å². The summed E-state index contributed by atoms with van der Waals surface area (Å²) >= 11 is 7.40. The van der Waals surface area contributed by atoms with Gasteiger partial charge in [0.2, 0.25) is 0 Å². The standard InChI is InChI=1S/C27H21ClN2O5S/c1-14-5-4-6-15(11-14)23-22(24(31)18-9-8-17(34-2)13-20(18)35-3)25(32)26(33)30(23)27-29-19-10-7-16(28)12-21(19)36-27/h4-13,23,31H,1-3H3/b24-22+. The van der Waals surface area contributed by atoms with E-state index >= 15 is 0 Å². The minimum absolute atomic E-state index is 0.0497. The Kier molecular flexibility index (Phi) is 6.15. The molecule has 0 aliphatic carbocycles. The molecular weight excluding hydrogens is 500 g/mol. The number of amides is 1. The van der Waals surface area contributed by atoms with Crippen LogP contribution in [0.15, 0.2) is 66.2 Å². The van der Waals surface area contributed by atoms with Crippen molar-refractivity contribution in [2.75, 3.05) is 19.1 Å². The molecule has 0 spiro atoms. The van der Waals surface area contributed by atoms with E-state index in [1.165, 1.54) is 30.5 Å². The molecule has 36 heavy (non-hydrogen) atoms. The van der Waals surface area contributed by atoms with E-state index in [-0.39, 0.29) is 16.9 Å². The summed E-state index contributed by atoms with van der Waals surface area (Å²) in [6.45, 7) is 1.92. The molecule has 0 saturated carbocycles. The zero-order valence-electron chi connectivity index (χ0n) is 19.6. The third kappa shape index (κ3) is 3.98. The minimum atomic E-state index is -0.896. The number of Topliss-reactive ketones (excluding diaryl/α,β-unsaturated/α-hetero) is 1. The number of methoxy groups -OCH3 is 2. The van der Waals surface area contributed by atoms with Crippen LogP contribution in [0.2, 0.25) is 5.02 Å². The van der Waals surface area contributed by atoms with Crippen molar-refractivity contribution < 1.29 is 24.2 Å². The number of thiazole rings is 1. The van der Waals surface area contributed by atoms with Crippen LogP contribution in [0.25, 0.3) is 16.0 Å². The summed E-state index contributed by atoms with van der Waals surface area (Å²) in [5.74, 6) is -1.11. The summed E-state index contributed by atoms with van der Waals surface area (Å²) in [6.07, 6.45) is 0. The smallest absolute Gasteiger partial charge is 0.301 e. The van der Waals surface area contributed by atoms with Gasteiger partial charge in [0.1, 0.15) is 17.3 Å². The van der Waals surface area contributed by atoms with Gasteiger partial charge in [-0.15, -0.1) is 0 Å². The molecule has 1 N–H and O–H groups in total. The Bertz CT molecular complexity index is 1560. The quantitative estimate of drug-likeness (QED) is 0.200. The average Bonchev–Trinajstić information content (AvgIpc) is 3.40. The Labute approximate surface area is 216 Å². The van der Waals surface area contributed by atoms with Crippen LogP contribution in [0.1, 0.15) is 22.7 Å². The van der Waals surface area contributed by atoms with Crippen molar-refractivity contribution in [1.29, 1.82) is 0 Å². The maximum Gasteiger partial charge on any atom is 0.301 e. The Morgan fingerprint density at radius 3 is 2.58 bits per heavy atom. The summed E-state index contributed by atoms with van der Waals surface area (Å²) in [5, 5.41) is 12.3. The van der Waals surface area contributed by atoms with Crippen LogP contribution >= 0.6 is 22.9 Å². The number of hydrogen-bond acceptors (Lipinski definition) is 7. The number of aromatic nitrogens is 1. The van der Waals surface area contributed by atoms with Gasteiger partial charge in [-0.3, -0.25) is 14.5 Å². The molecular formula is C27H21ClN2O5S. The average molecular weight is 521 g/mol. The molecule has 0 radical (unpaired) electrons. The highest BCUT2D eigenvalue weighted by Gasteiger charge is 2.48. The number of anilines is 1. The second-order valence-electron chi connectivity index (χ2n) is 8.26. The normalized spacial score (nSPS) is 17.1. The van der Waals surface area contributed by atoms with Crippen molar-refractivity contribution in [2.24, 2.45) is 0 Å². The first-order valence-electron chi connectivity index (χ1n) is 11.0. The van der Waals surface area contributed by atoms with E-state index in [0.717, 1.165) is 10.3 Å². The largest absolute Gasteiger partial charge is 0.507 e. The van der Waals surface area contributed by atoms with E-state index in [2.05, 4.69) is 4.98 Å². The van der Waals surface area contributed by atoms with Crippen molar-refractivity contribution >= 4 is 55.7 Å². The Morgan fingerprint density at radius 1 is 1.06 bits per heavy atom. The van der Waals surface area contributed by atoms with Crippen LogP contribution in [0, 0.1) is 6.92 Å². The molecule has 1 atom stereocenters. The van der Waals surface area contributed by atoms with E-state index in [0.29, 0.717) is 32.7 Å². The number of fused-ring (bicyclic) bond motifs is 1. The summed E-state index contributed by atoms with van der Waals surface area (Å²) in [5.41, 5.74) is 2.48. The van der Waals surface area contributed by atoms with Gasteiger partial charge >= 0.3 is 5.91 Å². The molecule has 9 heteroatoms. The third-order valence-electron chi connectivity index (χ3n) is 6.01. The number of aryl methyl sites for hydroxylation is 1.